The van der Waals surface area contributed by atoms with Gasteiger partial charge in [0, 0.05) is 33.9 Å². The van der Waals surface area contributed by atoms with Crippen molar-refractivity contribution in [3.63, 3.8) is 0 Å². The summed E-state index contributed by atoms with van der Waals surface area (Å²) in [6.45, 7) is 0.165. The van der Waals surface area contributed by atoms with E-state index >= 15 is 0 Å². The van der Waals surface area contributed by atoms with Gasteiger partial charge in [0.1, 0.15) is 11.6 Å². The highest BCUT2D eigenvalue weighted by Gasteiger charge is 2.11. The fourth-order valence-corrected chi connectivity index (χ4v) is 2.98. The number of halogens is 1. The summed E-state index contributed by atoms with van der Waals surface area (Å²) in [5.74, 6) is -0.326. The zero-order valence-electron chi connectivity index (χ0n) is 12.1. The molecule has 0 saturated heterocycles. The highest BCUT2D eigenvalue weighted by Crippen LogP contribution is 2.23. The Morgan fingerprint density at radius 2 is 2.09 bits per heavy atom. The van der Waals surface area contributed by atoms with Crippen molar-refractivity contribution in [1.82, 2.24) is 9.97 Å². The smallest absolute Gasteiger partial charge is 0.312 e. The van der Waals surface area contributed by atoms with Crippen molar-refractivity contribution < 1.29 is 9.53 Å². The molecule has 0 aliphatic rings. The van der Waals surface area contributed by atoms with Gasteiger partial charge in [0.15, 0.2) is 0 Å². The standard InChI is InChI=1S/C17H13ClN2O2S/c18-15-6-2-1-4-13(15)10-22-16(21)8-14-11-23-17(20-14)12-5-3-7-19-9-12/h1-7,9,11H,8,10H2. The number of pyridine rings is 1. The van der Waals surface area contributed by atoms with E-state index in [1.807, 2.05) is 35.7 Å². The summed E-state index contributed by atoms with van der Waals surface area (Å²) in [6.07, 6.45) is 3.60. The van der Waals surface area contributed by atoms with Crippen molar-refractivity contribution in [1.29, 1.82) is 0 Å². The number of rotatable bonds is 5. The van der Waals surface area contributed by atoms with E-state index in [4.69, 9.17) is 16.3 Å². The Hall–Kier alpha value is -2.24. The number of hydrogen-bond donors (Lipinski definition) is 0. The molecule has 2 aromatic heterocycles. The predicted octanol–water partition coefficient (Wildman–Crippen LogP) is 4.14. The maximum atomic E-state index is 11.9. The number of benzene rings is 1. The lowest BCUT2D eigenvalue weighted by Gasteiger charge is -2.05. The zero-order valence-corrected chi connectivity index (χ0v) is 13.7. The highest BCUT2D eigenvalue weighted by molar-refractivity contribution is 7.13. The number of nitrogens with zero attached hydrogens (tertiary/aromatic N) is 2. The molecular formula is C17H13ClN2O2S. The maximum Gasteiger partial charge on any atom is 0.312 e. The quantitative estimate of drug-likeness (QED) is 0.652. The molecule has 0 radical (unpaired) electrons. The van der Waals surface area contributed by atoms with Crippen LogP contribution in [0.3, 0.4) is 0 Å². The third-order valence-corrected chi connectivity index (χ3v) is 4.44. The summed E-state index contributed by atoms with van der Waals surface area (Å²) >= 11 is 7.51. The average molecular weight is 345 g/mol. The number of ether oxygens (including phenoxy) is 1. The van der Waals surface area contributed by atoms with E-state index in [0.29, 0.717) is 10.7 Å². The molecule has 0 unspecified atom stereocenters. The molecule has 4 nitrogen and oxygen atoms in total. The minimum Gasteiger partial charge on any atom is -0.460 e. The molecule has 3 aromatic rings. The van der Waals surface area contributed by atoms with Crippen molar-refractivity contribution in [2.24, 2.45) is 0 Å². The van der Waals surface area contributed by atoms with E-state index < -0.39 is 0 Å². The summed E-state index contributed by atoms with van der Waals surface area (Å²) in [7, 11) is 0. The highest BCUT2D eigenvalue weighted by atomic mass is 35.5. The van der Waals surface area contributed by atoms with E-state index in [1.165, 1.54) is 11.3 Å². The third-order valence-electron chi connectivity index (χ3n) is 3.13. The molecule has 0 saturated carbocycles. The number of thiazole rings is 1. The number of aromatic nitrogens is 2. The van der Waals surface area contributed by atoms with Crippen LogP contribution in [0.1, 0.15) is 11.3 Å². The van der Waals surface area contributed by atoms with Crippen LogP contribution in [0.15, 0.2) is 54.2 Å². The van der Waals surface area contributed by atoms with Crippen molar-refractivity contribution in [3.05, 3.63) is 70.5 Å². The molecule has 0 aliphatic carbocycles. The van der Waals surface area contributed by atoms with Gasteiger partial charge in [0.2, 0.25) is 0 Å². The van der Waals surface area contributed by atoms with E-state index in [9.17, 15) is 4.79 Å². The first-order chi connectivity index (χ1) is 11.2. The third kappa shape index (κ3) is 4.15. The Morgan fingerprint density at radius 3 is 2.87 bits per heavy atom. The molecular weight excluding hydrogens is 332 g/mol. The minimum absolute atomic E-state index is 0.140. The molecule has 1 aromatic carbocycles. The first-order valence-corrected chi connectivity index (χ1v) is 8.22. The summed E-state index contributed by atoms with van der Waals surface area (Å²) in [4.78, 5) is 20.4. The zero-order chi connectivity index (χ0) is 16.1. The molecule has 0 amide bonds. The summed E-state index contributed by atoms with van der Waals surface area (Å²) < 4.78 is 5.26. The normalized spacial score (nSPS) is 10.5. The van der Waals surface area contributed by atoms with E-state index in [1.54, 1.807) is 18.5 Å². The first kappa shape index (κ1) is 15.6. The molecule has 6 heteroatoms. The van der Waals surface area contributed by atoms with Crippen molar-refractivity contribution in [2.75, 3.05) is 0 Å². The van der Waals surface area contributed by atoms with E-state index in [0.717, 1.165) is 16.1 Å². The van der Waals surface area contributed by atoms with Gasteiger partial charge in [0.25, 0.3) is 0 Å². The lowest BCUT2D eigenvalue weighted by Crippen LogP contribution is -2.08. The van der Waals surface area contributed by atoms with Gasteiger partial charge < -0.3 is 4.74 Å². The molecule has 0 bridgehead atoms. The van der Waals surface area contributed by atoms with Gasteiger partial charge in [-0.2, -0.15) is 0 Å². The van der Waals surface area contributed by atoms with Crippen LogP contribution in [0, 0.1) is 0 Å². The second-order valence-corrected chi connectivity index (χ2v) is 6.08. The Bertz CT molecular complexity index is 805. The SMILES string of the molecule is O=C(Cc1csc(-c2cccnc2)n1)OCc1ccccc1Cl. The van der Waals surface area contributed by atoms with Gasteiger partial charge in [0.05, 0.1) is 12.1 Å². The Kier molecular flexibility index (Phi) is 5.00. The molecule has 116 valence electrons. The monoisotopic (exact) mass is 344 g/mol. The second kappa shape index (κ2) is 7.35. The molecule has 3 rings (SSSR count). The van der Waals surface area contributed by atoms with Crippen molar-refractivity contribution in [3.8, 4) is 10.6 Å². The summed E-state index contributed by atoms with van der Waals surface area (Å²) in [5, 5.41) is 3.29. The van der Waals surface area contributed by atoms with Crippen LogP contribution in [0.5, 0.6) is 0 Å². The molecule has 23 heavy (non-hydrogen) atoms. The van der Waals surface area contributed by atoms with Crippen LogP contribution in [0.4, 0.5) is 0 Å². The minimum atomic E-state index is -0.326. The van der Waals surface area contributed by atoms with Crippen LogP contribution in [-0.2, 0) is 22.6 Å². The van der Waals surface area contributed by atoms with E-state index in [2.05, 4.69) is 9.97 Å². The molecule has 0 fully saturated rings. The average Bonchev–Trinajstić information content (AvgIpc) is 3.03. The number of hydrogen-bond acceptors (Lipinski definition) is 5. The first-order valence-electron chi connectivity index (χ1n) is 6.96. The van der Waals surface area contributed by atoms with Gasteiger partial charge in [-0.15, -0.1) is 11.3 Å². The number of carbonyl (C=O) groups excluding carboxylic acids is 1. The predicted molar refractivity (Wildman–Crippen MR) is 90.3 cm³/mol. The lowest BCUT2D eigenvalue weighted by molar-refractivity contribution is -0.144. The van der Waals surface area contributed by atoms with Crippen molar-refractivity contribution in [2.45, 2.75) is 13.0 Å². The molecule has 0 spiro atoms. The van der Waals surface area contributed by atoms with Crippen LogP contribution >= 0.6 is 22.9 Å². The van der Waals surface area contributed by atoms with Crippen LogP contribution in [0.25, 0.3) is 10.6 Å². The fraction of sp³-hybridized carbons (Fsp3) is 0.118. The van der Waals surface area contributed by atoms with Crippen LogP contribution in [-0.4, -0.2) is 15.9 Å². The van der Waals surface area contributed by atoms with E-state index in [-0.39, 0.29) is 19.0 Å². The Balaban J connectivity index is 1.58. The Morgan fingerprint density at radius 1 is 1.22 bits per heavy atom. The number of esters is 1. The van der Waals surface area contributed by atoms with Crippen molar-refractivity contribution >= 4 is 28.9 Å². The van der Waals surface area contributed by atoms with Gasteiger partial charge in [-0.05, 0) is 18.2 Å². The lowest BCUT2D eigenvalue weighted by atomic mass is 10.2. The molecule has 0 atom stereocenters. The van der Waals surface area contributed by atoms with Gasteiger partial charge in [-0.25, -0.2) is 4.98 Å². The maximum absolute atomic E-state index is 11.9. The molecule has 0 N–H and O–H groups in total. The summed E-state index contributed by atoms with van der Waals surface area (Å²) in [5.41, 5.74) is 2.42. The van der Waals surface area contributed by atoms with Gasteiger partial charge >= 0.3 is 5.97 Å². The largest absolute Gasteiger partial charge is 0.460 e. The topological polar surface area (TPSA) is 52.1 Å². The molecule has 0 aliphatic heterocycles. The summed E-state index contributed by atoms with van der Waals surface area (Å²) in [6, 6.07) is 11.1. The van der Waals surface area contributed by atoms with Crippen LogP contribution < -0.4 is 0 Å². The Labute approximate surface area is 142 Å². The fourth-order valence-electron chi connectivity index (χ4n) is 1.98. The van der Waals surface area contributed by atoms with Gasteiger partial charge in [-0.1, -0.05) is 29.8 Å². The van der Waals surface area contributed by atoms with Gasteiger partial charge in [-0.3, -0.25) is 9.78 Å². The van der Waals surface area contributed by atoms with Crippen LogP contribution in [0.2, 0.25) is 5.02 Å². The molecule has 2 heterocycles. The second-order valence-electron chi connectivity index (χ2n) is 4.81. The number of carbonyl (C=O) groups is 1.